The van der Waals surface area contributed by atoms with E-state index in [9.17, 15) is 0 Å². The Labute approximate surface area is 108 Å². The molecule has 0 saturated carbocycles. The third kappa shape index (κ3) is 2.49. The van der Waals surface area contributed by atoms with E-state index in [4.69, 9.17) is 10.00 Å². The van der Waals surface area contributed by atoms with Gasteiger partial charge in [-0.3, -0.25) is 0 Å². The number of fused-ring (bicyclic) bond motifs is 2. The van der Waals surface area contributed by atoms with Crippen LogP contribution in [0, 0.1) is 11.3 Å². The molecule has 3 nitrogen and oxygen atoms in total. The number of nitrogens with zero attached hydrogens (tertiary/aromatic N) is 1. The molecule has 3 heteroatoms. The Kier molecular flexibility index (Phi) is 3.21. The van der Waals surface area contributed by atoms with Gasteiger partial charge in [0.1, 0.15) is 11.9 Å². The molecule has 1 aromatic carbocycles. The summed E-state index contributed by atoms with van der Waals surface area (Å²) in [5, 5.41) is 12.5. The Morgan fingerprint density at radius 1 is 1.22 bits per heavy atom. The van der Waals surface area contributed by atoms with Crippen LogP contribution in [-0.4, -0.2) is 18.2 Å². The zero-order valence-electron chi connectivity index (χ0n) is 10.4. The highest BCUT2D eigenvalue weighted by Gasteiger charge is 2.32. The first-order chi connectivity index (χ1) is 8.83. The zero-order chi connectivity index (χ0) is 12.4. The van der Waals surface area contributed by atoms with Crippen molar-refractivity contribution in [1.29, 1.82) is 5.26 Å². The quantitative estimate of drug-likeness (QED) is 0.867. The molecule has 2 atom stereocenters. The Morgan fingerprint density at radius 3 is 2.72 bits per heavy atom. The van der Waals surface area contributed by atoms with E-state index in [0.717, 1.165) is 18.6 Å². The fourth-order valence-electron chi connectivity index (χ4n) is 3.14. The highest BCUT2D eigenvalue weighted by molar-refractivity contribution is 5.36. The average Bonchev–Trinajstić information content (AvgIpc) is 2.38. The van der Waals surface area contributed by atoms with Crippen molar-refractivity contribution in [3.05, 3.63) is 29.8 Å². The summed E-state index contributed by atoms with van der Waals surface area (Å²) in [6.45, 7) is 0. The first-order valence-corrected chi connectivity index (χ1v) is 6.76. The Balaban J connectivity index is 1.67. The van der Waals surface area contributed by atoms with Crippen molar-refractivity contribution in [3.63, 3.8) is 0 Å². The zero-order valence-corrected chi connectivity index (χ0v) is 10.4. The fourth-order valence-corrected chi connectivity index (χ4v) is 3.14. The number of ether oxygens (including phenoxy) is 1. The molecule has 2 aliphatic heterocycles. The minimum atomic E-state index is 0.301. The maximum atomic E-state index is 8.88. The number of piperidine rings is 2. The first kappa shape index (κ1) is 11.6. The molecule has 2 bridgehead atoms. The molecule has 2 aliphatic rings. The van der Waals surface area contributed by atoms with Crippen molar-refractivity contribution >= 4 is 0 Å². The van der Waals surface area contributed by atoms with E-state index in [1.54, 1.807) is 0 Å². The Morgan fingerprint density at radius 2 is 2.00 bits per heavy atom. The van der Waals surface area contributed by atoms with E-state index >= 15 is 0 Å². The normalized spacial score (nSPS) is 30.5. The number of nitrogens with one attached hydrogen (secondary N) is 1. The van der Waals surface area contributed by atoms with Crippen molar-refractivity contribution in [2.75, 3.05) is 0 Å². The van der Waals surface area contributed by atoms with Gasteiger partial charge in [-0.05, 0) is 43.9 Å². The number of hydrogen-bond acceptors (Lipinski definition) is 3. The molecule has 0 aliphatic carbocycles. The largest absolute Gasteiger partial charge is 0.490 e. The van der Waals surface area contributed by atoms with Crippen LogP contribution in [0.2, 0.25) is 0 Å². The Hall–Kier alpha value is -1.53. The number of hydrogen-bond donors (Lipinski definition) is 1. The van der Waals surface area contributed by atoms with Crippen molar-refractivity contribution in [2.24, 2.45) is 0 Å². The lowest BCUT2D eigenvalue weighted by atomic mass is 9.85. The van der Waals surface area contributed by atoms with Crippen molar-refractivity contribution in [3.8, 4) is 11.8 Å². The average molecular weight is 242 g/mol. The SMILES string of the molecule is N#Cc1cccc(OC2C[C@@H]3CCC[C@@H](C2)N3)c1. The number of rotatable bonds is 2. The molecule has 0 aromatic heterocycles. The molecule has 0 unspecified atom stereocenters. The molecule has 0 radical (unpaired) electrons. The molecular weight excluding hydrogens is 224 g/mol. The van der Waals surface area contributed by atoms with E-state index in [2.05, 4.69) is 11.4 Å². The predicted octanol–water partition coefficient (Wildman–Crippen LogP) is 2.61. The number of nitriles is 1. The van der Waals surface area contributed by atoms with Crippen LogP contribution in [0.15, 0.2) is 24.3 Å². The van der Waals surface area contributed by atoms with Gasteiger partial charge in [0.2, 0.25) is 0 Å². The van der Waals surface area contributed by atoms with Crippen LogP contribution in [0.5, 0.6) is 5.75 Å². The first-order valence-electron chi connectivity index (χ1n) is 6.76. The van der Waals surface area contributed by atoms with Crippen LogP contribution in [-0.2, 0) is 0 Å². The maximum absolute atomic E-state index is 8.88. The second kappa shape index (κ2) is 4.99. The molecule has 1 aromatic rings. The van der Waals surface area contributed by atoms with Crippen LogP contribution in [0.25, 0.3) is 0 Å². The smallest absolute Gasteiger partial charge is 0.121 e. The van der Waals surface area contributed by atoms with Crippen molar-refractivity contribution < 1.29 is 4.74 Å². The van der Waals surface area contributed by atoms with Crippen molar-refractivity contribution in [1.82, 2.24) is 5.32 Å². The van der Waals surface area contributed by atoms with Crippen LogP contribution in [0.4, 0.5) is 0 Å². The van der Waals surface area contributed by atoms with Gasteiger partial charge in [-0.1, -0.05) is 12.5 Å². The molecule has 3 rings (SSSR count). The van der Waals surface area contributed by atoms with E-state index in [1.165, 1.54) is 19.3 Å². The van der Waals surface area contributed by atoms with Gasteiger partial charge in [-0.15, -0.1) is 0 Å². The molecule has 2 saturated heterocycles. The third-order valence-electron chi connectivity index (χ3n) is 3.94. The van der Waals surface area contributed by atoms with E-state index in [1.807, 2.05) is 24.3 Å². The van der Waals surface area contributed by atoms with E-state index < -0.39 is 0 Å². The van der Waals surface area contributed by atoms with Gasteiger partial charge in [-0.2, -0.15) is 5.26 Å². The second-order valence-electron chi connectivity index (χ2n) is 5.34. The monoisotopic (exact) mass is 242 g/mol. The molecule has 94 valence electrons. The van der Waals surface area contributed by atoms with Crippen LogP contribution in [0.1, 0.15) is 37.7 Å². The van der Waals surface area contributed by atoms with Gasteiger partial charge in [0.05, 0.1) is 11.6 Å². The van der Waals surface area contributed by atoms with Crippen LogP contribution >= 0.6 is 0 Å². The molecule has 1 N–H and O–H groups in total. The summed E-state index contributed by atoms with van der Waals surface area (Å²) in [5.74, 6) is 0.832. The lowest BCUT2D eigenvalue weighted by molar-refractivity contribution is 0.0927. The van der Waals surface area contributed by atoms with E-state index in [0.29, 0.717) is 23.8 Å². The predicted molar refractivity (Wildman–Crippen MR) is 69.4 cm³/mol. The van der Waals surface area contributed by atoms with Gasteiger partial charge in [0.25, 0.3) is 0 Å². The molecular formula is C15H18N2O. The van der Waals surface area contributed by atoms with Gasteiger partial charge in [0, 0.05) is 12.1 Å². The Bertz CT molecular complexity index is 454. The summed E-state index contributed by atoms with van der Waals surface area (Å²) in [4.78, 5) is 0. The van der Waals surface area contributed by atoms with Gasteiger partial charge >= 0.3 is 0 Å². The molecule has 2 fully saturated rings. The lowest BCUT2D eigenvalue weighted by Gasteiger charge is -2.40. The maximum Gasteiger partial charge on any atom is 0.121 e. The van der Waals surface area contributed by atoms with Crippen molar-refractivity contribution in [2.45, 2.75) is 50.3 Å². The lowest BCUT2D eigenvalue weighted by Crippen LogP contribution is -2.51. The minimum absolute atomic E-state index is 0.301. The highest BCUT2D eigenvalue weighted by Crippen LogP contribution is 2.28. The third-order valence-corrected chi connectivity index (χ3v) is 3.94. The summed E-state index contributed by atoms with van der Waals surface area (Å²) in [7, 11) is 0. The number of benzene rings is 1. The van der Waals surface area contributed by atoms with Crippen LogP contribution < -0.4 is 10.1 Å². The summed E-state index contributed by atoms with van der Waals surface area (Å²) < 4.78 is 6.04. The van der Waals surface area contributed by atoms with Gasteiger partial charge in [0.15, 0.2) is 0 Å². The second-order valence-corrected chi connectivity index (χ2v) is 5.34. The summed E-state index contributed by atoms with van der Waals surface area (Å²) in [6.07, 6.45) is 6.37. The standard InChI is InChI=1S/C15H18N2O/c16-10-11-3-1-6-14(7-11)18-15-8-12-4-2-5-13(9-15)17-12/h1,3,6-7,12-13,15,17H,2,4-5,8-9H2/t12-,13-/m0/s1. The molecule has 18 heavy (non-hydrogen) atoms. The highest BCUT2D eigenvalue weighted by atomic mass is 16.5. The summed E-state index contributed by atoms with van der Waals surface area (Å²) >= 11 is 0. The molecule has 2 heterocycles. The molecule has 0 amide bonds. The van der Waals surface area contributed by atoms with Crippen LogP contribution in [0.3, 0.4) is 0 Å². The molecule has 0 spiro atoms. The topological polar surface area (TPSA) is 45.0 Å². The minimum Gasteiger partial charge on any atom is -0.490 e. The van der Waals surface area contributed by atoms with E-state index in [-0.39, 0.29) is 0 Å². The summed E-state index contributed by atoms with van der Waals surface area (Å²) in [5.41, 5.74) is 0.668. The van der Waals surface area contributed by atoms with Gasteiger partial charge < -0.3 is 10.1 Å². The van der Waals surface area contributed by atoms with Gasteiger partial charge in [-0.25, -0.2) is 0 Å². The fraction of sp³-hybridized carbons (Fsp3) is 0.533. The summed E-state index contributed by atoms with van der Waals surface area (Å²) in [6, 6.07) is 10.9.